The van der Waals surface area contributed by atoms with Gasteiger partial charge in [0.05, 0.1) is 5.69 Å². The van der Waals surface area contributed by atoms with Crippen molar-refractivity contribution in [1.82, 2.24) is 15.1 Å². The van der Waals surface area contributed by atoms with Gasteiger partial charge in [-0.05, 0) is 70.3 Å². The van der Waals surface area contributed by atoms with Crippen molar-refractivity contribution >= 4 is 17.3 Å². The standard InChI is InChI=1S/C22H29N5O2/c28-19(10-1-2-12-27-13-3-4-14-27)24-17-8-5-7-16(15-17)20-21-18(9-6-11-23-21)22(29)26-25-20/h5,7-8,15,23H,1-4,6,9-14H2,(H,24,28)(H,26,29). The summed E-state index contributed by atoms with van der Waals surface area (Å²) in [5, 5.41) is 13.2. The second-order valence-corrected chi connectivity index (χ2v) is 7.92. The fourth-order valence-electron chi connectivity index (χ4n) is 4.20. The first-order valence-corrected chi connectivity index (χ1v) is 10.7. The smallest absolute Gasteiger partial charge is 0.269 e. The van der Waals surface area contributed by atoms with Crippen LogP contribution in [-0.4, -0.2) is 47.2 Å². The predicted molar refractivity (Wildman–Crippen MR) is 115 cm³/mol. The molecule has 0 radical (unpaired) electrons. The number of H-pyrrole nitrogens is 1. The van der Waals surface area contributed by atoms with Crippen LogP contribution in [0.2, 0.25) is 0 Å². The summed E-state index contributed by atoms with van der Waals surface area (Å²) < 4.78 is 0. The Morgan fingerprint density at radius 3 is 2.90 bits per heavy atom. The Bertz CT molecular complexity index is 918. The molecule has 154 valence electrons. The number of nitrogens with one attached hydrogen (secondary N) is 3. The van der Waals surface area contributed by atoms with Crippen LogP contribution in [0.1, 0.15) is 44.1 Å². The lowest BCUT2D eigenvalue weighted by Crippen LogP contribution is -2.24. The zero-order valence-electron chi connectivity index (χ0n) is 16.8. The van der Waals surface area contributed by atoms with Gasteiger partial charge in [0, 0.05) is 29.8 Å². The first-order chi connectivity index (χ1) is 14.2. The van der Waals surface area contributed by atoms with Crippen LogP contribution in [-0.2, 0) is 11.2 Å². The summed E-state index contributed by atoms with van der Waals surface area (Å²) in [6.07, 6.45) is 6.80. The minimum atomic E-state index is -0.130. The average Bonchev–Trinajstić information content (AvgIpc) is 3.25. The predicted octanol–water partition coefficient (Wildman–Crippen LogP) is 3.00. The summed E-state index contributed by atoms with van der Waals surface area (Å²) in [6.45, 7) is 4.34. The highest BCUT2D eigenvalue weighted by atomic mass is 16.1. The normalized spacial score (nSPS) is 16.3. The van der Waals surface area contributed by atoms with E-state index < -0.39 is 0 Å². The van der Waals surface area contributed by atoms with E-state index in [1.54, 1.807) is 0 Å². The van der Waals surface area contributed by atoms with E-state index in [-0.39, 0.29) is 11.5 Å². The number of carbonyl (C=O) groups is 1. The molecule has 0 aliphatic carbocycles. The molecule has 1 saturated heterocycles. The number of hydrogen-bond acceptors (Lipinski definition) is 5. The lowest BCUT2D eigenvalue weighted by molar-refractivity contribution is -0.116. The summed E-state index contributed by atoms with van der Waals surface area (Å²) in [5.74, 6) is 0.0400. The molecule has 0 saturated carbocycles. The maximum absolute atomic E-state index is 12.3. The second kappa shape index (κ2) is 9.22. The minimum absolute atomic E-state index is 0.0400. The number of fused-ring (bicyclic) bond motifs is 1. The molecule has 0 unspecified atom stereocenters. The topological polar surface area (TPSA) is 90.1 Å². The van der Waals surface area contributed by atoms with Crippen molar-refractivity contribution in [2.24, 2.45) is 0 Å². The molecule has 0 bridgehead atoms. The van der Waals surface area contributed by atoms with E-state index in [0.717, 1.165) is 67.0 Å². The van der Waals surface area contributed by atoms with Crippen molar-refractivity contribution in [2.75, 3.05) is 36.8 Å². The Kier molecular flexibility index (Phi) is 6.24. The van der Waals surface area contributed by atoms with Crippen LogP contribution in [0.5, 0.6) is 0 Å². The number of carbonyl (C=O) groups excluding carboxylic acids is 1. The summed E-state index contributed by atoms with van der Waals surface area (Å²) in [4.78, 5) is 26.9. The molecule has 1 aromatic heterocycles. The molecule has 0 atom stereocenters. The van der Waals surface area contributed by atoms with E-state index in [9.17, 15) is 9.59 Å². The molecular weight excluding hydrogens is 366 g/mol. The molecule has 7 heteroatoms. The molecule has 3 N–H and O–H groups in total. The number of aromatic amines is 1. The Hall–Kier alpha value is -2.67. The Balaban J connectivity index is 1.38. The number of likely N-dealkylation sites (tertiary alicyclic amines) is 1. The molecule has 29 heavy (non-hydrogen) atoms. The van der Waals surface area contributed by atoms with Crippen LogP contribution in [0, 0.1) is 0 Å². The number of anilines is 2. The fraction of sp³-hybridized carbons (Fsp3) is 0.500. The fourth-order valence-corrected chi connectivity index (χ4v) is 4.20. The van der Waals surface area contributed by atoms with Crippen molar-refractivity contribution in [3.63, 3.8) is 0 Å². The van der Waals surface area contributed by atoms with E-state index in [4.69, 9.17) is 0 Å². The number of unbranched alkanes of at least 4 members (excludes halogenated alkanes) is 1. The molecule has 3 heterocycles. The van der Waals surface area contributed by atoms with Crippen LogP contribution < -0.4 is 16.2 Å². The van der Waals surface area contributed by atoms with Gasteiger partial charge in [-0.1, -0.05) is 12.1 Å². The van der Waals surface area contributed by atoms with Crippen LogP contribution in [0.25, 0.3) is 11.3 Å². The Morgan fingerprint density at radius 1 is 1.17 bits per heavy atom. The molecule has 1 amide bonds. The second-order valence-electron chi connectivity index (χ2n) is 7.92. The van der Waals surface area contributed by atoms with Gasteiger partial charge in [-0.3, -0.25) is 9.59 Å². The van der Waals surface area contributed by atoms with E-state index in [0.29, 0.717) is 6.42 Å². The maximum atomic E-state index is 12.3. The largest absolute Gasteiger partial charge is 0.383 e. The molecule has 0 spiro atoms. The molecule has 1 aromatic carbocycles. The van der Waals surface area contributed by atoms with Gasteiger partial charge in [-0.2, -0.15) is 5.10 Å². The van der Waals surface area contributed by atoms with Crippen LogP contribution in [0.4, 0.5) is 11.4 Å². The van der Waals surface area contributed by atoms with Gasteiger partial charge in [-0.15, -0.1) is 0 Å². The molecule has 2 aliphatic rings. The van der Waals surface area contributed by atoms with E-state index in [1.807, 2.05) is 24.3 Å². The van der Waals surface area contributed by atoms with Gasteiger partial charge in [0.15, 0.2) is 0 Å². The highest BCUT2D eigenvalue weighted by molar-refractivity contribution is 5.91. The SMILES string of the molecule is O=C(CCCCN1CCCC1)Nc1cccc(-c2n[nH]c(=O)c3c2NCCC3)c1. The molecule has 2 aliphatic heterocycles. The zero-order chi connectivity index (χ0) is 20.1. The summed E-state index contributed by atoms with van der Waals surface area (Å²) >= 11 is 0. The third-order valence-electron chi connectivity index (χ3n) is 5.73. The van der Waals surface area contributed by atoms with Gasteiger partial charge in [0.2, 0.25) is 5.91 Å². The van der Waals surface area contributed by atoms with Gasteiger partial charge in [-0.25, -0.2) is 5.10 Å². The minimum Gasteiger partial charge on any atom is -0.383 e. The van der Waals surface area contributed by atoms with Crippen molar-refractivity contribution in [3.8, 4) is 11.3 Å². The lowest BCUT2D eigenvalue weighted by Gasteiger charge is -2.19. The van der Waals surface area contributed by atoms with E-state index in [2.05, 4.69) is 25.7 Å². The maximum Gasteiger partial charge on any atom is 0.269 e. The Morgan fingerprint density at radius 2 is 2.03 bits per heavy atom. The zero-order valence-corrected chi connectivity index (χ0v) is 16.8. The van der Waals surface area contributed by atoms with Crippen molar-refractivity contribution < 1.29 is 4.79 Å². The molecule has 2 aromatic rings. The summed E-state index contributed by atoms with van der Waals surface area (Å²) in [5.41, 5.74) is 3.79. The average molecular weight is 396 g/mol. The number of nitrogens with zero attached hydrogens (tertiary/aromatic N) is 2. The number of hydrogen-bond donors (Lipinski definition) is 3. The number of benzene rings is 1. The third-order valence-corrected chi connectivity index (χ3v) is 5.73. The first-order valence-electron chi connectivity index (χ1n) is 10.7. The van der Waals surface area contributed by atoms with Crippen LogP contribution in [0.3, 0.4) is 0 Å². The Labute approximate surface area is 170 Å². The van der Waals surface area contributed by atoms with E-state index in [1.165, 1.54) is 25.9 Å². The quantitative estimate of drug-likeness (QED) is 0.627. The van der Waals surface area contributed by atoms with Gasteiger partial charge in [0.1, 0.15) is 5.69 Å². The number of amides is 1. The molecule has 1 fully saturated rings. The third kappa shape index (κ3) is 4.85. The van der Waals surface area contributed by atoms with Crippen LogP contribution in [0.15, 0.2) is 29.1 Å². The molecule has 7 nitrogen and oxygen atoms in total. The van der Waals surface area contributed by atoms with E-state index >= 15 is 0 Å². The van der Waals surface area contributed by atoms with Crippen molar-refractivity contribution in [2.45, 2.75) is 44.9 Å². The van der Waals surface area contributed by atoms with Crippen molar-refractivity contribution in [3.05, 3.63) is 40.2 Å². The van der Waals surface area contributed by atoms with Gasteiger partial charge < -0.3 is 15.5 Å². The summed E-state index contributed by atoms with van der Waals surface area (Å²) in [6, 6.07) is 7.65. The molecular formula is C22H29N5O2. The van der Waals surface area contributed by atoms with Gasteiger partial charge in [0.25, 0.3) is 5.56 Å². The highest BCUT2D eigenvalue weighted by Crippen LogP contribution is 2.31. The lowest BCUT2D eigenvalue weighted by atomic mass is 10.0. The van der Waals surface area contributed by atoms with Gasteiger partial charge >= 0.3 is 0 Å². The summed E-state index contributed by atoms with van der Waals surface area (Å²) in [7, 11) is 0. The highest BCUT2D eigenvalue weighted by Gasteiger charge is 2.19. The monoisotopic (exact) mass is 395 g/mol. The van der Waals surface area contributed by atoms with Crippen molar-refractivity contribution in [1.29, 1.82) is 0 Å². The molecule has 4 rings (SSSR count). The van der Waals surface area contributed by atoms with Crippen LogP contribution >= 0.6 is 0 Å². The number of rotatable bonds is 7. The first kappa shape index (κ1) is 19.6. The number of aromatic nitrogens is 2.